The molecule has 0 aromatic heterocycles. The van der Waals surface area contributed by atoms with Crippen molar-refractivity contribution < 1.29 is 27.5 Å². The Morgan fingerprint density at radius 1 is 0.930 bits per heavy atom. The summed E-state index contributed by atoms with van der Waals surface area (Å²) in [5.41, 5.74) is 2.13. The maximum Gasteiger partial charge on any atom is 0.264 e. The molecule has 1 N–H and O–H groups in total. The van der Waals surface area contributed by atoms with Gasteiger partial charge in [-0.15, -0.1) is 0 Å². The number of ether oxygens (including phenoxy) is 2. The highest BCUT2D eigenvalue weighted by atomic mass is 32.2. The van der Waals surface area contributed by atoms with Gasteiger partial charge in [0.1, 0.15) is 25.8 Å². The van der Waals surface area contributed by atoms with Crippen LogP contribution in [0.2, 0.25) is 0 Å². The van der Waals surface area contributed by atoms with E-state index in [0.717, 1.165) is 41.1 Å². The predicted molar refractivity (Wildman–Crippen MR) is 165 cm³/mol. The molecule has 0 radical (unpaired) electrons. The van der Waals surface area contributed by atoms with E-state index >= 15 is 0 Å². The number of hydrogen-bond acceptors (Lipinski definition) is 6. The Bertz CT molecular complexity index is 1540. The van der Waals surface area contributed by atoms with Crippen LogP contribution in [0.1, 0.15) is 50.2 Å². The smallest absolute Gasteiger partial charge is 0.264 e. The molecule has 43 heavy (non-hydrogen) atoms. The number of fused-ring (bicyclic) bond motifs is 1. The lowest BCUT2D eigenvalue weighted by Gasteiger charge is -2.34. The van der Waals surface area contributed by atoms with Crippen LogP contribution in [0.5, 0.6) is 11.5 Å². The molecule has 2 amide bonds. The second-order valence-corrected chi connectivity index (χ2v) is 12.9. The normalized spacial score (nSPS) is 15.5. The summed E-state index contributed by atoms with van der Waals surface area (Å²) in [5, 5.41) is 3.15. The number of nitrogens with one attached hydrogen (secondary N) is 1. The Hall–Kier alpha value is -4.05. The largest absolute Gasteiger partial charge is 0.486 e. The van der Waals surface area contributed by atoms with E-state index in [2.05, 4.69) is 5.32 Å². The monoisotopic (exact) mass is 605 g/mol. The zero-order valence-electron chi connectivity index (χ0n) is 24.7. The van der Waals surface area contributed by atoms with E-state index in [9.17, 15) is 18.0 Å². The lowest BCUT2D eigenvalue weighted by Crippen LogP contribution is -2.53. The molecule has 3 aromatic rings. The van der Waals surface area contributed by atoms with E-state index in [1.54, 1.807) is 36.4 Å². The summed E-state index contributed by atoms with van der Waals surface area (Å²) < 4.78 is 40.6. The molecule has 1 atom stereocenters. The van der Waals surface area contributed by atoms with Crippen LogP contribution in [0.3, 0.4) is 0 Å². The highest BCUT2D eigenvalue weighted by Gasteiger charge is 2.35. The third-order valence-corrected chi connectivity index (χ3v) is 9.90. The van der Waals surface area contributed by atoms with Crippen molar-refractivity contribution in [2.45, 2.75) is 69.5 Å². The predicted octanol–water partition coefficient (Wildman–Crippen LogP) is 4.83. The van der Waals surface area contributed by atoms with E-state index in [1.807, 2.05) is 38.1 Å². The molecule has 0 unspecified atom stereocenters. The number of hydrogen-bond donors (Lipinski definition) is 1. The number of aryl methyl sites for hydroxylation is 1. The molecule has 9 nitrogen and oxygen atoms in total. The molecule has 5 rings (SSSR count). The summed E-state index contributed by atoms with van der Waals surface area (Å²) in [6, 6.07) is 19.9. The average Bonchev–Trinajstić information content (AvgIpc) is 3.53. The number of anilines is 1. The molecule has 10 heteroatoms. The standard InChI is InChI=1S/C33H39N3O6S/c1-3-29(33(38)34-26-13-9-10-14-26)35(22-25-12-8-7-11-24(25)2)32(37)23-36(43(39,40)28-15-5-4-6-16-28)27-17-18-30-31(21-27)42-20-19-41-30/h4-8,11-12,15-18,21,26,29H,3,9-10,13-14,19-20,22-23H2,1-2H3,(H,34,38)/t29-/m1/s1. The molecule has 3 aromatic carbocycles. The zero-order valence-corrected chi connectivity index (χ0v) is 25.5. The van der Waals surface area contributed by atoms with E-state index in [-0.39, 0.29) is 29.1 Å². The molecule has 1 heterocycles. The van der Waals surface area contributed by atoms with Gasteiger partial charge in [-0.3, -0.25) is 13.9 Å². The first kappa shape index (κ1) is 30.4. The third-order valence-electron chi connectivity index (χ3n) is 8.11. The Morgan fingerprint density at radius 3 is 2.30 bits per heavy atom. The maximum atomic E-state index is 14.3. The number of sulfonamides is 1. The quantitative estimate of drug-likeness (QED) is 0.336. The van der Waals surface area contributed by atoms with Gasteiger partial charge in [0.25, 0.3) is 10.0 Å². The highest BCUT2D eigenvalue weighted by molar-refractivity contribution is 7.92. The van der Waals surface area contributed by atoms with Crippen molar-refractivity contribution in [2.24, 2.45) is 0 Å². The van der Waals surface area contributed by atoms with Gasteiger partial charge in [-0.05, 0) is 61.6 Å². The Morgan fingerprint density at radius 2 is 1.60 bits per heavy atom. The fourth-order valence-electron chi connectivity index (χ4n) is 5.69. The minimum atomic E-state index is -4.17. The summed E-state index contributed by atoms with van der Waals surface area (Å²) in [4.78, 5) is 29.5. The number of amides is 2. The summed E-state index contributed by atoms with van der Waals surface area (Å²) >= 11 is 0. The molecule has 0 spiro atoms. The fraction of sp³-hybridized carbons (Fsp3) is 0.394. The summed E-state index contributed by atoms with van der Waals surface area (Å²) in [6.07, 6.45) is 4.35. The van der Waals surface area contributed by atoms with Crippen molar-refractivity contribution in [3.8, 4) is 11.5 Å². The number of carbonyl (C=O) groups is 2. The van der Waals surface area contributed by atoms with Crippen molar-refractivity contribution >= 4 is 27.5 Å². The lowest BCUT2D eigenvalue weighted by atomic mass is 10.1. The van der Waals surface area contributed by atoms with Crippen LogP contribution in [0.15, 0.2) is 77.7 Å². The van der Waals surface area contributed by atoms with Gasteiger partial charge in [-0.2, -0.15) is 0 Å². The van der Waals surface area contributed by atoms with Crippen LogP contribution >= 0.6 is 0 Å². The molecule has 1 saturated carbocycles. The van der Waals surface area contributed by atoms with Gasteiger partial charge in [0.05, 0.1) is 10.6 Å². The third kappa shape index (κ3) is 6.96. The van der Waals surface area contributed by atoms with Gasteiger partial charge in [0.2, 0.25) is 11.8 Å². The van der Waals surface area contributed by atoms with Gasteiger partial charge < -0.3 is 19.7 Å². The SMILES string of the molecule is CC[C@H](C(=O)NC1CCCC1)N(Cc1ccccc1C)C(=O)CN(c1ccc2c(c1)OCCO2)S(=O)(=O)c1ccccc1. The van der Waals surface area contributed by atoms with Crippen LogP contribution in [-0.4, -0.2) is 57.0 Å². The Balaban J connectivity index is 1.52. The van der Waals surface area contributed by atoms with Crippen molar-refractivity contribution in [2.75, 3.05) is 24.1 Å². The van der Waals surface area contributed by atoms with E-state index in [4.69, 9.17) is 9.47 Å². The minimum absolute atomic E-state index is 0.0501. The van der Waals surface area contributed by atoms with Gasteiger partial charge in [0.15, 0.2) is 11.5 Å². The van der Waals surface area contributed by atoms with Crippen molar-refractivity contribution in [3.05, 3.63) is 83.9 Å². The van der Waals surface area contributed by atoms with Crippen molar-refractivity contribution in [3.63, 3.8) is 0 Å². The number of carbonyl (C=O) groups excluding carboxylic acids is 2. The lowest BCUT2D eigenvalue weighted by molar-refractivity contribution is -0.140. The average molecular weight is 606 g/mol. The first-order chi connectivity index (χ1) is 20.8. The van der Waals surface area contributed by atoms with Crippen LogP contribution in [-0.2, 0) is 26.2 Å². The second-order valence-electron chi connectivity index (χ2n) is 11.0. The van der Waals surface area contributed by atoms with Crippen LogP contribution < -0.4 is 19.1 Å². The second kappa shape index (κ2) is 13.5. The van der Waals surface area contributed by atoms with E-state index < -0.39 is 28.5 Å². The summed E-state index contributed by atoms with van der Waals surface area (Å²) in [7, 11) is -4.17. The fourth-order valence-corrected chi connectivity index (χ4v) is 7.12. The van der Waals surface area contributed by atoms with Crippen molar-refractivity contribution in [1.29, 1.82) is 0 Å². The molecule has 1 fully saturated rings. The molecular formula is C33H39N3O6S. The van der Waals surface area contributed by atoms with Crippen molar-refractivity contribution in [1.82, 2.24) is 10.2 Å². The molecular weight excluding hydrogens is 566 g/mol. The molecule has 0 bridgehead atoms. The summed E-state index contributed by atoms with van der Waals surface area (Å²) in [5.74, 6) is 0.219. The first-order valence-electron chi connectivity index (χ1n) is 14.9. The number of benzene rings is 3. The molecule has 1 aliphatic heterocycles. The molecule has 2 aliphatic rings. The molecule has 228 valence electrons. The van der Waals surface area contributed by atoms with Crippen LogP contribution in [0.25, 0.3) is 0 Å². The van der Waals surface area contributed by atoms with Gasteiger partial charge in [-0.25, -0.2) is 8.42 Å². The van der Waals surface area contributed by atoms with Gasteiger partial charge in [-0.1, -0.05) is 62.2 Å². The van der Waals surface area contributed by atoms with Gasteiger partial charge in [0, 0.05) is 18.7 Å². The topological polar surface area (TPSA) is 105 Å². The van der Waals surface area contributed by atoms with E-state index in [1.165, 1.54) is 17.0 Å². The van der Waals surface area contributed by atoms with Crippen LogP contribution in [0, 0.1) is 6.92 Å². The first-order valence-corrected chi connectivity index (χ1v) is 16.3. The zero-order chi connectivity index (χ0) is 30.4. The summed E-state index contributed by atoms with van der Waals surface area (Å²) in [6.45, 7) is 4.22. The maximum absolute atomic E-state index is 14.3. The number of rotatable bonds is 11. The van der Waals surface area contributed by atoms with Crippen LogP contribution in [0.4, 0.5) is 5.69 Å². The molecule has 0 saturated heterocycles. The highest BCUT2D eigenvalue weighted by Crippen LogP contribution is 2.36. The molecule has 1 aliphatic carbocycles. The minimum Gasteiger partial charge on any atom is -0.486 e. The Kier molecular flexibility index (Phi) is 9.55. The van der Waals surface area contributed by atoms with Gasteiger partial charge >= 0.3 is 0 Å². The number of nitrogens with zero attached hydrogens (tertiary/aromatic N) is 2. The van der Waals surface area contributed by atoms with E-state index in [0.29, 0.717) is 31.1 Å². The Labute approximate surface area is 253 Å².